The van der Waals surface area contributed by atoms with Crippen LogP contribution in [-0.4, -0.2) is 28.5 Å². The number of rotatable bonds is 7. The van der Waals surface area contributed by atoms with Gasteiger partial charge < -0.3 is 10.1 Å². The first-order valence-corrected chi connectivity index (χ1v) is 11.7. The zero-order chi connectivity index (χ0) is 24.1. The molecule has 0 bridgehead atoms. The first kappa shape index (κ1) is 23.6. The maximum atomic E-state index is 12.9. The molecule has 0 unspecified atom stereocenters. The topological polar surface area (TPSA) is 75.7 Å². The Hall–Kier alpha value is -3.55. The quantitative estimate of drug-likeness (QED) is 0.415. The van der Waals surface area contributed by atoms with Crippen molar-refractivity contribution >= 4 is 52.2 Å². The molecule has 4 rings (SSSR count). The largest absolute Gasteiger partial charge is 0.488 e. The summed E-state index contributed by atoms with van der Waals surface area (Å²) in [6.07, 6.45) is 1.61. The molecule has 3 aromatic carbocycles. The number of nitrogens with one attached hydrogen (secondary N) is 1. The molecule has 3 aromatic rings. The molecule has 0 spiro atoms. The number of anilines is 1. The summed E-state index contributed by atoms with van der Waals surface area (Å²) in [6, 6.07) is 22.0. The third-order valence-corrected chi connectivity index (χ3v) is 6.28. The summed E-state index contributed by atoms with van der Waals surface area (Å²) in [4.78, 5) is 38.9. The van der Waals surface area contributed by atoms with Gasteiger partial charge in [-0.25, -0.2) is 0 Å². The Morgan fingerprint density at radius 3 is 2.50 bits per heavy atom. The number of carbonyl (C=O) groups excluding carboxylic acids is 3. The van der Waals surface area contributed by atoms with Crippen molar-refractivity contribution in [2.75, 3.05) is 11.9 Å². The minimum atomic E-state index is -0.530. The lowest BCUT2D eigenvalue weighted by Gasteiger charge is -2.13. The van der Waals surface area contributed by atoms with Crippen LogP contribution in [0.15, 0.2) is 77.7 Å². The number of carbonyl (C=O) groups is 3. The van der Waals surface area contributed by atoms with Gasteiger partial charge in [0.1, 0.15) is 18.9 Å². The van der Waals surface area contributed by atoms with Gasteiger partial charge in [-0.05, 0) is 48.5 Å². The number of aryl methyl sites for hydroxylation is 1. The van der Waals surface area contributed by atoms with Gasteiger partial charge in [0.05, 0.1) is 15.6 Å². The fourth-order valence-corrected chi connectivity index (χ4v) is 4.26. The number of amides is 3. The van der Waals surface area contributed by atoms with Gasteiger partial charge in [0.15, 0.2) is 0 Å². The summed E-state index contributed by atoms with van der Waals surface area (Å²) >= 11 is 6.84. The Balaban J connectivity index is 1.45. The van der Waals surface area contributed by atoms with E-state index >= 15 is 0 Å². The van der Waals surface area contributed by atoms with Gasteiger partial charge in [0, 0.05) is 5.56 Å². The third-order valence-electron chi connectivity index (χ3n) is 5.04. The number of nitrogens with zero attached hydrogens (tertiary/aromatic N) is 1. The molecule has 0 aromatic heterocycles. The van der Waals surface area contributed by atoms with Crippen molar-refractivity contribution in [1.29, 1.82) is 0 Å². The fraction of sp³-hybridized carbons (Fsp3) is 0.115. The van der Waals surface area contributed by atoms with Gasteiger partial charge in [0.25, 0.3) is 11.1 Å². The van der Waals surface area contributed by atoms with Crippen molar-refractivity contribution in [3.05, 3.63) is 99.4 Å². The standard InChI is InChI=1S/C26H21ClN2O4S/c1-17-10-12-18(13-11-17)16-33-22-9-5-2-6-19(22)14-23-25(31)29(26(32)34-23)15-24(30)28-21-8-4-3-7-20(21)27/h2-14H,15-16H2,1H3,(H,28,30)/b23-14+. The highest BCUT2D eigenvalue weighted by Gasteiger charge is 2.36. The zero-order valence-corrected chi connectivity index (χ0v) is 19.9. The second-order valence-corrected chi connectivity index (χ2v) is 9.01. The minimum Gasteiger partial charge on any atom is -0.488 e. The van der Waals surface area contributed by atoms with Gasteiger partial charge in [-0.3, -0.25) is 19.3 Å². The van der Waals surface area contributed by atoms with Crippen LogP contribution in [0.3, 0.4) is 0 Å². The van der Waals surface area contributed by atoms with E-state index in [-0.39, 0.29) is 4.91 Å². The second kappa shape index (κ2) is 10.6. The lowest BCUT2D eigenvalue weighted by molar-refractivity contribution is -0.127. The lowest BCUT2D eigenvalue weighted by Crippen LogP contribution is -2.36. The number of hydrogen-bond donors (Lipinski definition) is 1. The summed E-state index contributed by atoms with van der Waals surface area (Å²) in [7, 11) is 0. The van der Waals surface area contributed by atoms with Crippen molar-refractivity contribution in [1.82, 2.24) is 4.90 Å². The molecule has 1 heterocycles. The summed E-state index contributed by atoms with van der Waals surface area (Å²) < 4.78 is 5.96. The molecular formula is C26H21ClN2O4S. The Kier molecular flexibility index (Phi) is 7.35. The Morgan fingerprint density at radius 1 is 1.03 bits per heavy atom. The minimum absolute atomic E-state index is 0.224. The first-order valence-electron chi connectivity index (χ1n) is 10.5. The van der Waals surface area contributed by atoms with Gasteiger partial charge >= 0.3 is 0 Å². The molecule has 34 heavy (non-hydrogen) atoms. The number of benzene rings is 3. The summed E-state index contributed by atoms with van der Waals surface area (Å²) in [5.41, 5.74) is 3.27. The molecule has 172 valence electrons. The van der Waals surface area contributed by atoms with E-state index in [0.717, 1.165) is 22.2 Å². The molecule has 6 nitrogen and oxygen atoms in total. The highest BCUT2D eigenvalue weighted by molar-refractivity contribution is 8.18. The molecule has 0 radical (unpaired) electrons. The molecule has 0 saturated carbocycles. The van der Waals surface area contributed by atoms with Crippen molar-refractivity contribution in [3.8, 4) is 5.75 Å². The van der Waals surface area contributed by atoms with Crippen LogP contribution in [0.1, 0.15) is 16.7 Å². The summed E-state index contributed by atoms with van der Waals surface area (Å²) in [5.74, 6) is -0.456. The average Bonchev–Trinajstić information content (AvgIpc) is 3.08. The Labute approximate surface area is 206 Å². The van der Waals surface area contributed by atoms with Crippen molar-refractivity contribution in [3.63, 3.8) is 0 Å². The van der Waals surface area contributed by atoms with Gasteiger partial charge in [0.2, 0.25) is 5.91 Å². The number of hydrogen-bond acceptors (Lipinski definition) is 5. The third kappa shape index (κ3) is 5.68. The normalized spacial score (nSPS) is 14.5. The molecule has 0 atom stereocenters. The van der Waals surface area contributed by atoms with Gasteiger partial charge in [-0.2, -0.15) is 0 Å². The average molecular weight is 493 g/mol. The molecule has 8 heteroatoms. The van der Waals surface area contributed by atoms with Gasteiger partial charge in [-0.15, -0.1) is 0 Å². The van der Waals surface area contributed by atoms with Crippen molar-refractivity contribution in [2.24, 2.45) is 0 Å². The SMILES string of the molecule is Cc1ccc(COc2ccccc2/C=C2/SC(=O)N(CC(=O)Nc3ccccc3Cl)C2=O)cc1. The van der Waals surface area contributed by atoms with Crippen LogP contribution in [0.4, 0.5) is 10.5 Å². The molecule has 3 amide bonds. The van der Waals surface area contributed by atoms with Crippen molar-refractivity contribution < 1.29 is 19.1 Å². The molecule has 1 aliphatic heterocycles. The highest BCUT2D eigenvalue weighted by atomic mass is 35.5. The lowest BCUT2D eigenvalue weighted by atomic mass is 10.1. The Bertz CT molecular complexity index is 1270. The monoisotopic (exact) mass is 492 g/mol. The van der Waals surface area contributed by atoms with Crippen LogP contribution < -0.4 is 10.1 Å². The predicted octanol–water partition coefficient (Wildman–Crippen LogP) is 5.90. The predicted molar refractivity (Wildman–Crippen MR) is 135 cm³/mol. The van der Waals surface area contributed by atoms with E-state index < -0.39 is 23.6 Å². The molecular weight excluding hydrogens is 472 g/mol. The summed E-state index contributed by atoms with van der Waals surface area (Å²) in [6.45, 7) is 1.99. The highest BCUT2D eigenvalue weighted by Crippen LogP contribution is 2.34. The van der Waals surface area contributed by atoms with E-state index in [1.807, 2.05) is 49.4 Å². The van der Waals surface area contributed by atoms with E-state index in [2.05, 4.69) is 5.32 Å². The van der Waals surface area contributed by atoms with Crippen LogP contribution in [-0.2, 0) is 16.2 Å². The maximum absolute atomic E-state index is 12.9. The molecule has 1 saturated heterocycles. The van der Waals surface area contributed by atoms with E-state index in [0.29, 0.717) is 28.6 Å². The molecule has 1 N–H and O–H groups in total. The maximum Gasteiger partial charge on any atom is 0.294 e. The van der Waals surface area contributed by atoms with Crippen molar-refractivity contribution in [2.45, 2.75) is 13.5 Å². The number of para-hydroxylation sites is 2. The second-order valence-electron chi connectivity index (χ2n) is 7.61. The van der Waals surface area contributed by atoms with E-state index in [1.54, 1.807) is 36.4 Å². The van der Waals surface area contributed by atoms with E-state index in [9.17, 15) is 14.4 Å². The molecule has 1 fully saturated rings. The van der Waals surface area contributed by atoms with Crippen LogP contribution >= 0.6 is 23.4 Å². The summed E-state index contributed by atoms with van der Waals surface area (Å²) in [5, 5.41) is 2.48. The smallest absolute Gasteiger partial charge is 0.294 e. The van der Waals surface area contributed by atoms with E-state index in [1.165, 1.54) is 5.56 Å². The first-order chi connectivity index (χ1) is 16.4. The Morgan fingerprint density at radius 2 is 1.74 bits per heavy atom. The van der Waals surface area contributed by atoms with Crippen LogP contribution in [0.25, 0.3) is 6.08 Å². The number of imide groups is 1. The number of ether oxygens (including phenoxy) is 1. The van der Waals surface area contributed by atoms with Crippen LogP contribution in [0, 0.1) is 6.92 Å². The van der Waals surface area contributed by atoms with E-state index in [4.69, 9.17) is 16.3 Å². The number of thioether (sulfide) groups is 1. The van der Waals surface area contributed by atoms with Crippen LogP contribution in [0.2, 0.25) is 5.02 Å². The van der Waals surface area contributed by atoms with Crippen LogP contribution in [0.5, 0.6) is 5.75 Å². The number of halogens is 1. The molecule has 0 aliphatic carbocycles. The van der Waals surface area contributed by atoms with Gasteiger partial charge in [-0.1, -0.05) is 71.8 Å². The zero-order valence-electron chi connectivity index (χ0n) is 18.3. The molecule has 1 aliphatic rings. The fourth-order valence-electron chi connectivity index (χ4n) is 3.25.